The number of hydrogen-bond donors (Lipinski definition) is 0. The number of hydrogen-bond acceptors (Lipinski definition) is 1. The molecule has 13 heavy (non-hydrogen) atoms. The standard InChI is InChI=1S/C11H13ClO/c1-8(2)11(13)7-9-4-3-5-10(12)6-9/h3-6,8H,7H2,1-2H3. The Kier molecular flexibility index (Phi) is 3.49. The number of carbonyl (C=O) groups is 1. The van der Waals surface area contributed by atoms with Crippen molar-refractivity contribution in [2.45, 2.75) is 20.3 Å². The highest BCUT2D eigenvalue weighted by Crippen LogP contribution is 2.12. The highest BCUT2D eigenvalue weighted by molar-refractivity contribution is 6.30. The van der Waals surface area contributed by atoms with Crippen LogP contribution >= 0.6 is 11.6 Å². The fourth-order valence-electron chi connectivity index (χ4n) is 1.05. The van der Waals surface area contributed by atoms with Gasteiger partial charge in [-0.15, -0.1) is 0 Å². The number of ketones is 1. The van der Waals surface area contributed by atoms with E-state index >= 15 is 0 Å². The third-order valence-electron chi connectivity index (χ3n) is 1.91. The lowest BCUT2D eigenvalue weighted by Crippen LogP contribution is -2.09. The number of rotatable bonds is 3. The summed E-state index contributed by atoms with van der Waals surface area (Å²) in [7, 11) is 0. The second kappa shape index (κ2) is 4.43. The van der Waals surface area contributed by atoms with Crippen molar-refractivity contribution in [2.75, 3.05) is 0 Å². The quantitative estimate of drug-likeness (QED) is 0.726. The summed E-state index contributed by atoms with van der Waals surface area (Å²) in [4.78, 5) is 11.4. The number of benzene rings is 1. The van der Waals surface area contributed by atoms with Crippen molar-refractivity contribution in [1.29, 1.82) is 0 Å². The van der Waals surface area contributed by atoms with Crippen molar-refractivity contribution in [3.8, 4) is 0 Å². The van der Waals surface area contributed by atoms with Gasteiger partial charge in [0.05, 0.1) is 0 Å². The van der Waals surface area contributed by atoms with Crippen LogP contribution in [0.15, 0.2) is 24.3 Å². The second-order valence-corrected chi connectivity index (χ2v) is 3.86. The normalized spacial score (nSPS) is 10.5. The summed E-state index contributed by atoms with van der Waals surface area (Å²) in [5.41, 5.74) is 0.992. The molecule has 0 N–H and O–H groups in total. The van der Waals surface area contributed by atoms with Gasteiger partial charge >= 0.3 is 0 Å². The minimum atomic E-state index is 0.0963. The number of Topliss-reactive ketones (excluding diaryl/α,β-unsaturated/α-hetero) is 1. The van der Waals surface area contributed by atoms with E-state index in [1.54, 1.807) is 0 Å². The summed E-state index contributed by atoms with van der Waals surface area (Å²) in [6.45, 7) is 3.82. The fourth-order valence-corrected chi connectivity index (χ4v) is 1.27. The van der Waals surface area contributed by atoms with Crippen molar-refractivity contribution >= 4 is 17.4 Å². The van der Waals surface area contributed by atoms with Crippen LogP contribution in [0, 0.1) is 5.92 Å². The molecule has 0 saturated heterocycles. The van der Waals surface area contributed by atoms with Gasteiger partial charge in [0.15, 0.2) is 0 Å². The lowest BCUT2D eigenvalue weighted by Gasteiger charge is -2.03. The average Bonchev–Trinajstić information content (AvgIpc) is 2.04. The van der Waals surface area contributed by atoms with E-state index in [0.29, 0.717) is 11.4 Å². The Morgan fingerprint density at radius 2 is 2.15 bits per heavy atom. The molecule has 0 unspecified atom stereocenters. The third-order valence-corrected chi connectivity index (χ3v) is 2.15. The Hall–Kier alpha value is -0.820. The average molecular weight is 197 g/mol. The van der Waals surface area contributed by atoms with Gasteiger partial charge in [0, 0.05) is 17.4 Å². The molecule has 0 fully saturated rings. The molecule has 0 aliphatic rings. The summed E-state index contributed by atoms with van der Waals surface area (Å²) >= 11 is 5.80. The van der Waals surface area contributed by atoms with Crippen LogP contribution in [0.5, 0.6) is 0 Å². The van der Waals surface area contributed by atoms with Crippen molar-refractivity contribution in [3.05, 3.63) is 34.9 Å². The highest BCUT2D eigenvalue weighted by Gasteiger charge is 2.07. The van der Waals surface area contributed by atoms with Crippen LogP contribution in [0.1, 0.15) is 19.4 Å². The fraction of sp³-hybridized carbons (Fsp3) is 0.364. The Bertz CT molecular complexity index is 305. The lowest BCUT2D eigenvalue weighted by molar-refractivity contribution is -0.121. The van der Waals surface area contributed by atoms with E-state index in [0.717, 1.165) is 5.56 Å². The molecule has 2 heteroatoms. The molecular formula is C11H13ClO. The predicted molar refractivity (Wildman–Crippen MR) is 55.0 cm³/mol. The first kappa shape index (κ1) is 10.3. The van der Waals surface area contributed by atoms with Gasteiger partial charge in [-0.05, 0) is 17.7 Å². The smallest absolute Gasteiger partial charge is 0.139 e. The van der Waals surface area contributed by atoms with Crippen LogP contribution < -0.4 is 0 Å². The Morgan fingerprint density at radius 3 is 2.69 bits per heavy atom. The van der Waals surface area contributed by atoms with E-state index < -0.39 is 0 Å². The summed E-state index contributed by atoms with van der Waals surface area (Å²) in [5, 5.41) is 0.689. The van der Waals surface area contributed by atoms with Crippen molar-refractivity contribution < 1.29 is 4.79 Å². The predicted octanol–water partition coefficient (Wildman–Crippen LogP) is 3.11. The SMILES string of the molecule is CC(C)C(=O)Cc1cccc(Cl)c1. The van der Waals surface area contributed by atoms with Gasteiger partial charge in [0.25, 0.3) is 0 Å². The molecule has 0 saturated carbocycles. The molecule has 1 aromatic rings. The van der Waals surface area contributed by atoms with Crippen molar-refractivity contribution in [3.63, 3.8) is 0 Å². The zero-order valence-corrected chi connectivity index (χ0v) is 8.64. The molecule has 0 aliphatic heterocycles. The van der Waals surface area contributed by atoms with Crippen molar-refractivity contribution in [1.82, 2.24) is 0 Å². The van der Waals surface area contributed by atoms with Gasteiger partial charge in [-0.2, -0.15) is 0 Å². The maximum absolute atomic E-state index is 11.4. The molecule has 1 rings (SSSR count). The number of halogens is 1. The molecule has 0 radical (unpaired) electrons. The topological polar surface area (TPSA) is 17.1 Å². The van der Waals surface area contributed by atoms with E-state index in [2.05, 4.69) is 0 Å². The van der Waals surface area contributed by atoms with Crippen LogP contribution in [-0.4, -0.2) is 5.78 Å². The largest absolute Gasteiger partial charge is 0.299 e. The van der Waals surface area contributed by atoms with E-state index in [1.807, 2.05) is 38.1 Å². The number of carbonyl (C=O) groups excluding carboxylic acids is 1. The van der Waals surface area contributed by atoms with Gasteiger partial charge in [0.2, 0.25) is 0 Å². The second-order valence-electron chi connectivity index (χ2n) is 3.43. The molecule has 0 aliphatic carbocycles. The molecule has 0 bridgehead atoms. The van der Waals surface area contributed by atoms with Gasteiger partial charge in [-0.3, -0.25) is 4.79 Å². The van der Waals surface area contributed by atoms with Gasteiger partial charge in [0.1, 0.15) is 5.78 Å². The molecule has 0 heterocycles. The van der Waals surface area contributed by atoms with Crippen LogP contribution in [-0.2, 0) is 11.2 Å². The summed E-state index contributed by atoms with van der Waals surface area (Å²) < 4.78 is 0. The first-order valence-electron chi connectivity index (χ1n) is 4.36. The van der Waals surface area contributed by atoms with E-state index in [9.17, 15) is 4.79 Å². The first-order valence-corrected chi connectivity index (χ1v) is 4.74. The maximum atomic E-state index is 11.4. The monoisotopic (exact) mass is 196 g/mol. The van der Waals surface area contributed by atoms with Gasteiger partial charge < -0.3 is 0 Å². The van der Waals surface area contributed by atoms with Crippen LogP contribution in [0.4, 0.5) is 0 Å². The lowest BCUT2D eigenvalue weighted by atomic mass is 10.0. The minimum Gasteiger partial charge on any atom is -0.299 e. The van der Waals surface area contributed by atoms with Crippen LogP contribution in [0.3, 0.4) is 0 Å². The van der Waals surface area contributed by atoms with Crippen molar-refractivity contribution in [2.24, 2.45) is 5.92 Å². The molecule has 0 atom stereocenters. The minimum absolute atomic E-state index is 0.0963. The summed E-state index contributed by atoms with van der Waals surface area (Å²) in [6.07, 6.45) is 0.484. The zero-order chi connectivity index (χ0) is 9.84. The summed E-state index contributed by atoms with van der Waals surface area (Å²) in [5.74, 6) is 0.348. The summed E-state index contributed by atoms with van der Waals surface area (Å²) in [6, 6.07) is 7.43. The maximum Gasteiger partial charge on any atom is 0.139 e. The van der Waals surface area contributed by atoms with Crippen LogP contribution in [0.2, 0.25) is 5.02 Å². The van der Waals surface area contributed by atoms with E-state index in [1.165, 1.54) is 0 Å². The van der Waals surface area contributed by atoms with E-state index in [-0.39, 0.29) is 11.7 Å². The Labute approximate surface area is 83.7 Å². The molecule has 0 spiro atoms. The van der Waals surface area contributed by atoms with Gasteiger partial charge in [-0.1, -0.05) is 37.6 Å². The molecule has 1 aromatic carbocycles. The zero-order valence-electron chi connectivity index (χ0n) is 7.88. The Morgan fingerprint density at radius 1 is 1.46 bits per heavy atom. The first-order chi connectivity index (χ1) is 6.09. The third kappa shape index (κ3) is 3.19. The molecule has 70 valence electrons. The van der Waals surface area contributed by atoms with Gasteiger partial charge in [-0.25, -0.2) is 0 Å². The van der Waals surface area contributed by atoms with E-state index in [4.69, 9.17) is 11.6 Å². The van der Waals surface area contributed by atoms with Crippen LogP contribution in [0.25, 0.3) is 0 Å². The molecule has 0 aromatic heterocycles. The Balaban J connectivity index is 2.69. The highest BCUT2D eigenvalue weighted by atomic mass is 35.5. The molecule has 0 amide bonds. The molecular weight excluding hydrogens is 184 g/mol. The molecule has 1 nitrogen and oxygen atoms in total.